The van der Waals surface area contributed by atoms with Crippen LogP contribution in [0.15, 0.2) is 11.6 Å². The van der Waals surface area contributed by atoms with Crippen LogP contribution >= 0.6 is 0 Å². The molecule has 3 saturated carbocycles. The summed E-state index contributed by atoms with van der Waals surface area (Å²) in [5, 5.41) is 12.8. The first-order valence-electron chi connectivity index (χ1n) is 16.6. The van der Waals surface area contributed by atoms with Gasteiger partial charge in [0.05, 0.1) is 29.5 Å². The topological polar surface area (TPSA) is 101 Å². The van der Waals surface area contributed by atoms with Gasteiger partial charge in [0.15, 0.2) is 17.4 Å². The molecule has 10 unspecified atom stereocenters. The lowest BCUT2D eigenvalue weighted by Gasteiger charge is -2.60. The molecule has 10 atom stereocenters. The predicted molar refractivity (Wildman–Crippen MR) is 160 cm³/mol. The van der Waals surface area contributed by atoms with Gasteiger partial charge in [-0.1, -0.05) is 13.8 Å². The van der Waals surface area contributed by atoms with Crippen molar-refractivity contribution in [1.29, 1.82) is 0 Å². The standard InChI is InChI=1S/C35H54O8/c1-20(36)39-29(2,3)14-13-28-34(10,43-31(6,7)42-28)27-12-16-35(38)22-17-24(37)23-18-25-26(41-30(4,5)40-25)19-32(23,8)21(22)11-15-33(27,35)9/h17,21,23,25-28,38H,11-16,18-19H2,1-10H3. The molecule has 43 heavy (non-hydrogen) atoms. The average Bonchev–Trinajstić information content (AvgIpc) is 3.39. The van der Waals surface area contributed by atoms with E-state index >= 15 is 0 Å². The van der Waals surface area contributed by atoms with Crippen LogP contribution in [0.2, 0.25) is 0 Å². The van der Waals surface area contributed by atoms with E-state index in [2.05, 4.69) is 20.8 Å². The Balaban J connectivity index is 1.30. The summed E-state index contributed by atoms with van der Waals surface area (Å²) in [6.45, 7) is 19.8. The molecule has 6 rings (SSSR count). The van der Waals surface area contributed by atoms with E-state index in [1.165, 1.54) is 6.92 Å². The minimum Gasteiger partial charge on any atom is -0.460 e. The van der Waals surface area contributed by atoms with Crippen molar-refractivity contribution in [3.05, 3.63) is 11.6 Å². The maximum absolute atomic E-state index is 13.9. The molecule has 4 aliphatic carbocycles. The number of carbonyl (C=O) groups is 2. The Morgan fingerprint density at radius 2 is 1.65 bits per heavy atom. The Morgan fingerprint density at radius 3 is 2.33 bits per heavy atom. The summed E-state index contributed by atoms with van der Waals surface area (Å²) in [6, 6.07) is 0. The van der Waals surface area contributed by atoms with E-state index in [1.807, 2.05) is 47.6 Å². The third-order valence-electron chi connectivity index (χ3n) is 12.6. The number of carbonyl (C=O) groups excluding carboxylic acids is 2. The summed E-state index contributed by atoms with van der Waals surface area (Å²) < 4.78 is 31.5. The molecule has 6 aliphatic rings. The maximum atomic E-state index is 13.9. The van der Waals surface area contributed by atoms with Gasteiger partial charge in [0.2, 0.25) is 0 Å². The van der Waals surface area contributed by atoms with Gasteiger partial charge < -0.3 is 28.8 Å². The van der Waals surface area contributed by atoms with E-state index in [9.17, 15) is 14.7 Å². The summed E-state index contributed by atoms with van der Waals surface area (Å²) in [6.07, 6.45) is 7.34. The van der Waals surface area contributed by atoms with Crippen molar-refractivity contribution in [3.63, 3.8) is 0 Å². The van der Waals surface area contributed by atoms with Gasteiger partial charge in [-0.05, 0) is 129 Å². The summed E-state index contributed by atoms with van der Waals surface area (Å²) in [5.41, 5.74) is -2.24. The number of esters is 1. The van der Waals surface area contributed by atoms with Crippen LogP contribution in [0.4, 0.5) is 0 Å². The molecule has 2 heterocycles. The molecule has 0 radical (unpaired) electrons. The molecule has 2 aliphatic heterocycles. The zero-order chi connectivity index (χ0) is 31.6. The largest absolute Gasteiger partial charge is 0.460 e. The van der Waals surface area contributed by atoms with Crippen LogP contribution in [0, 0.1) is 28.6 Å². The van der Waals surface area contributed by atoms with Crippen LogP contribution < -0.4 is 0 Å². The highest BCUT2D eigenvalue weighted by Gasteiger charge is 2.71. The Labute approximate surface area is 257 Å². The smallest absolute Gasteiger partial charge is 0.303 e. The number of ether oxygens (including phenoxy) is 5. The fourth-order valence-corrected chi connectivity index (χ4v) is 10.9. The lowest BCUT2D eigenvalue weighted by atomic mass is 9.45. The second-order valence-corrected chi connectivity index (χ2v) is 16.9. The van der Waals surface area contributed by atoms with Gasteiger partial charge in [0.25, 0.3) is 0 Å². The third kappa shape index (κ3) is 4.79. The van der Waals surface area contributed by atoms with Gasteiger partial charge in [-0.2, -0.15) is 0 Å². The Bertz CT molecular complexity index is 1220. The van der Waals surface area contributed by atoms with Gasteiger partial charge in [0, 0.05) is 18.3 Å². The molecule has 0 aromatic heterocycles. The maximum Gasteiger partial charge on any atom is 0.303 e. The Hall–Kier alpha value is -1.32. The summed E-state index contributed by atoms with van der Waals surface area (Å²) in [5.74, 6) is -1.59. The molecule has 242 valence electrons. The van der Waals surface area contributed by atoms with E-state index in [0.717, 1.165) is 31.3 Å². The van der Waals surface area contributed by atoms with Crippen molar-refractivity contribution in [2.75, 3.05) is 0 Å². The van der Waals surface area contributed by atoms with Gasteiger partial charge in [-0.3, -0.25) is 9.59 Å². The van der Waals surface area contributed by atoms with Crippen LogP contribution in [-0.4, -0.2) is 63.5 Å². The first-order valence-corrected chi connectivity index (χ1v) is 16.6. The molecule has 1 N–H and O–H groups in total. The minimum atomic E-state index is -1.10. The molecule has 2 saturated heterocycles. The van der Waals surface area contributed by atoms with E-state index in [1.54, 1.807) is 0 Å². The SMILES string of the molecule is CC(=O)OC(C)(C)CCC1OC(C)(C)OC1(C)C1CCC2(O)C3=CC(=O)C4CC5OC(C)(C)OC5CC4(C)C3CCC12C. The number of fused-ring (bicyclic) bond motifs is 6. The van der Waals surface area contributed by atoms with E-state index in [-0.39, 0.29) is 53.2 Å². The predicted octanol–water partition coefficient (Wildman–Crippen LogP) is 6.02. The monoisotopic (exact) mass is 602 g/mol. The molecular formula is C35H54O8. The quantitative estimate of drug-likeness (QED) is 0.381. The highest BCUT2D eigenvalue weighted by Crippen LogP contribution is 2.70. The van der Waals surface area contributed by atoms with Gasteiger partial charge in [-0.15, -0.1) is 0 Å². The molecule has 0 aromatic rings. The van der Waals surface area contributed by atoms with E-state index < -0.39 is 33.8 Å². The molecule has 8 nitrogen and oxygen atoms in total. The number of aliphatic hydroxyl groups is 1. The first-order chi connectivity index (χ1) is 19.6. The highest BCUT2D eigenvalue weighted by atomic mass is 16.8. The van der Waals surface area contributed by atoms with Crippen LogP contribution in [-0.2, 0) is 33.3 Å². The minimum absolute atomic E-state index is 0.0131. The number of ketones is 1. The van der Waals surface area contributed by atoms with Gasteiger partial charge in [-0.25, -0.2) is 0 Å². The second kappa shape index (κ2) is 9.60. The van der Waals surface area contributed by atoms with E-state index in [0.29, 0.717) is 25.7 Å². The second-order valence-electron chi connectivity index (χ2n) is 16.9. The van der Waals surface area contributed by atoms with Crippen molar-refractivity contribution >= 4 is 11.8 Å². The molecule has 5 fully saturated rings. The van der Waals surface area contributed by atoms with Crippen LogP contribution in [0.25, 0.3) is 0 Å². The van der Waals surface area contributed by atoms with Crippen molar-refractivity contribution in [2.24, 2.45) is 28.6 Å². The molecular weight excluding hydrogens is 548 g/mol. The van der Waals surface area contributed by atoms with Crippen molar-refractivity contribution in [1.82, 2.24) is 0 Å². The summed E-state index contributed by atoms with van der Waals surface area (Å²) in [4.78, 5) is 25.6. The highest BCUT2D eigenvalue weighted by molar-refractivity contribution is 5.95. The third-order valence-corrected chi connectivity index (χ3v) is 12.6. The fraction of sp³-hybridized carbons (Fsp3) is 0.886. The van der Waals surface area contributed by atoms with Crippen molar-refractivity contribution in [3.8, 4) is 0 Å². The Morgan fingerprint density at radius 1 is 0.977 bits per heavy atom. The van der Waals surface area contributed by atoms with E-state index in [4.69, 9.17) is 23.7 Å². The van der Waals surface area contributed by atoms with Crippen LogP contribution in [0.1, 0.15) is 121 Å². The number of allylic oxidation sites excluding steroid dienone is 1. The molecule has 0 bridgehead atoms. The molecule has 0 spiro atoms. The normalized spacial score (nSPS) is 48.2. The van der Waals surface area contributed by atoms with Crippen LogP contribution in [0.5, 0.6) is 0 Å². The number of hydrogen-bond acceptors (Lipinski definition) is 8. The lowest BCUT2D eigenvalue weighted by molar-refractivity contribution is -0.190. The zero-order valence-corrected chi connectivity index (χ0v) is 28.0. The fourth-order valence-electron chi connectivity index (χ4n) is 10.9. The Kier molecular flexibility index (Phi) is 7.07. The molecule has 8 heteroatoms. The van der Waals surface area contributed by atoms with Gasteiger partial charge in [0.1, 0.15) is 5.60 Å². The van der Waals surface area contributed by atoms with Crippen molar-refractivity contribution in [2.45, 2.75) is 167 Å². The molecule has 0 amide bonds. The average molecular weight is 603 g/mol. The zero-order valence-electron chi connectivity index (χ0n) is 28.0. The summed E-state index contributed by atoms with van der Waals surface area (Å²) in [7, 11) is 0. The number of rotatable bonds is 5. The van der Waals surface area contributed by atoms with Gasteiger partial charge >= 0.3 is 5.97 Å². The summed E-state index contributed by atoms with van der Waals surface area (Å²) >= 11 is 0. The van der Waals surface area contributed by atoms with Crippen molar-refractivity contribution < 1.29 is 38.4 Å². The molecule has 0 aromatic carbocycles. The number of hydrogen-bond donors (Lipinski definition) is 1. The lowest BCUT2D eigenvalue weighted by Crippen LogP contribution is -2.62. The van der Waals surface area contributed by atoms with Crippen LogP contribution in [0.3, 0.4) is 0 Å². The first kappa shape index (κ1) is 31.7.